The van der Waals surface area contributed by atoms with Gasteiger partial charge in [-0.05, 0) is 18.6 Å². The highest BCUT2D eigenvalue weighted by molar-refractivity contribution is 5.87. The Morgan fingerprint density at radius 3 is 3.15 bits per heavy atom. The third kappa shape index (κ3) is 2.56. The fraction of sp³-hybridized carbons (Fsp3) is 0.200. The van der Waals surface area contributed by atoms with Gasteiger partial charge in [-0.25, -0.2) is 4.98 Å². The van der Waals surface area contributed by atoms with Crippen molar-refractivity contribution in [2.75, 3.05) is 0 Å². The minimum atomic E-state index is -0.0390. The van der Waals surface area contributed by atoms with Gasteiger partial charge >= 0.3 is 0 Å². The van der Waals surface area contributed by atoms with E-state index in [0.717, 1.165) is 27.8 Å². The summed E-state index contributed by atoms with van der Waals surface area (Å²) in [7, 11) is 0. The van der Waals surface area contributed by atoms with E-state index in [-0.39, 0.29) is 5.91 Å². The number of carbonyl (C=O) groups is 1. The van der Waals surface area contributed by atoms with E-state index < -0.39 is 0 Å². The summed E-state index contributed by atoms with van der Waals surface area (Å²) in [4.78, 5) is 18.8. The molecule has 0 saturated carbocycles. The quantitative estimate of drug-likeness (QED) is 0.763. The van der Waals surface area contributed by atoms with Crippen LogP contribution in [0.15, 0.2) is 41.4 Å². The van der Waals surface area contributed by atoms with E-state index >= 15 is 0 Å². The number of furan rings is 1. The van der Waals surface area contributed by atoms with Crippen molar-refractivity contribution in [3.8, 4) is 0 Å². The zero-order valence-electron chi connectivity index (χ0n) is 11.1. The SMILES string of the molecule is Cc1ccc2c(CC(=O)NCc3cnc[nH]3)coc2c1. The number of imidazole rings is 1. The van der Waals surface area contributed by atoms with Crippen molar-refractivity contribution < 1.29 is 9.21 Å². The molecule has 3 rings (SSSR count). The first-order valence-corrected chi connectivity index (χ1v) is 6.43. The second-order valence-electron chi connectivity index (χ2n) is 4.79. The molecule has 1 amide bonds. The van der Waals surface area contributed by atoms with Crippen LogP contribution in [0.1, 0.15) is 16.8 Å². The Bertz CT molecular complexity index is 729. The van der Waals surface area contributed by atoms with Gasteiger partial charge in [-0.15, -0.1) is 0 Å². The molecule has 0 unspecified atom stereocenters. The van der Waals surface area contributed by atoms with Crippen molar-refractivity contribution in [1.29, 1.82) is 0 Å². The van der Waals surface area contributed by atoms with Crippen LogP contribution in [0.25, 0.3) is 11.0 Å². The first-order chi connectivity index (χ1) is 9.72. The second-order valence-corrected chi connectivity index (χ2v) is 4.79. The van der Waals surface area contributed by atoms with Gasteiger partial charge in [0.25, 0.3) is 0 Å². The number of aromatic nitrogens is 2. The van der Waals surface area contributed by atoms with Crippen LogP contribution in [0.2, 0.25) is 0 Å². The normalized spacial score (nSPS) is 10.8. The van der Waals surface area contributed by atoms with Crippen LogP contribution in [0.3, 0.4) is 0 Å². The molecular formula is C15H15N3O2. The molecular weight excluding hydrogens is 254 g/mol. The zero-order chi connectivity index (χ0) is 13.9. The van der Waals surface area contributed by atoms with Crippen molar-refractivity contribution in [3.63, 3.8) is 0 Å². The molecule has 0 fully saturated rings. The summed E-state index contributed by atoms with van der Waals surface area (Å²) in [5, 5.41) is 3.84. The number of hydrogen-bond donors (Lipinski definition) is 2. The number of aryl methyl sites for hydroxylation is 1. The van der Waals surface area contributed by atoms with Crippen molar-refractivity contribution in [1.82, 2.24) is 15.3 Å². The molecule has 0 aliphatic heterocycles. The number of rotatable bonds is 4. The highest BCUT2D eigenvalue weighted by atomic mass is 16.3. The minimum Gasteiger partial charge on any atom is -0.464 e. The molecule has 0 atom stereocenters. The van der Waals surface area contributed by atoms with Gasteiger partial charge < -0.3 is 14.7 Å². The third-order valence-corrected chi connectivity index (χ3v) is 3.19. The van der Waals surface area contributed by atoms with Crippen LogP contribution in [0, 0.1) is 6.92 Å². The number of H-pyrrole nitrogens is 1. The summed E-state index contributed by atoms with van der Waals surface area (Å²) >= 11 is 0. The van der Waals surface area contributed by atoms with Crippen LogP contribution in [0.5, 0.6) is 0 Å². The minimum absolute atomic E-state index is 0.0390. The summed E-state index contributed by atoms with van der Waals surface area (Å²) in [6.07, 6.45) is 5.24. The Morgan fingerprint density at radius 2 is 2.35 bits per heavy atom. The molecule has 1 aromatic carbocycles. The summed E-state index contributed by atoms with van der Waals surface area (Å²) < 4.78 is 5.48. The van der Waals surface area contributed by atoms with E-state index in [4.69, 9.17) is 4.42 Å². The van der Waals surface area contributed by atoms with Crippen LogP contribution in [-0.4, -0.2) is 15.9 Å². The topological polar surface area (TPSA) is 70.9 Å². The zero-order valence-corrected chi connectivity index (χ0v) is 11.1. The summed E-state index contributed by atoms with van der Waals surface area (Å²) in [6, 6.07) is 5.98. The maximum atomic E-state index is 11.9. The predicted octanol–water partition coefficient (Wildman–Crippen LogP) is 2.32. The fourth-order valence-corrected chi connectivity index (χ4v) is 2.14. The van der Waals surface area contributed by atoms with Gasteiger partial charge in [-0.3, -0.25) is 4.79 Å². The molecule has 0 spiro atoms. The van der Waals surface area contributed by atoms with Gasteiger partial charge in [0.1, 0.15) is 5.58 Å². The lowest BCUT2D eigenvalue weighted by molar-refractivity contribution is -0.120. The fourth-order valence-electron chi connectivity index (χ4n) is 2.14. The number of hydrogen-bond acceptors (Lipinski definition) is 3. The average molecular weight is 269 g/mol. The van der Waals surface area contributed by atoms with E-state index in [1.54, 1.807) is 18.8 Å². The van der Waals surface area contributed by atoms with Gasteiger partial charge in [0.2, 0.25) is 5.91 Å². The molecule has 2 heterocycles. The number of nitrogens with zero attached hydrogens (tertiary/aromatic N) is 1. The largest absolute Gasteiger partial charge is 0.464 e. The molecule has 5 nitrogen and oxygen atoms in total. The number of carbonyl (C=O) groups excluding carboxylic acids is 1. The maximum Gasteiger partial charge on any atom is 0.224 e. The lowest BCUT2D eigenvalue weighted by Gasteiger charge is -2.02. The maximum absolute atomic E-state index is 11.9. The standard InChI is InChI=1S/C15H15N3O2/c1-10-2-3-13-11(8-20-14(13)4-10)5-15(19)17-7-12-6-16-9-18-12/h2-4,6,8-9H,5,7H2,1H3,(H,16,18)(H,17,19). The van der Waals surface area contributed by atoms with Gasteiger partial charge in [0, 0.05) is 17.1 Å². The average Bonchev–Trinajstić information content (AvgIpc) is 3.06. The van der Waals surface area contributed by atoms with Gasteiger partial charge in [-0.1, -0.05) is 12.1 Å². The Hall–Kier alpha value is -2.56. The van der Waals surface area contributed by atoms with Gasteiger partial charge in [0.15, 0.2) is 0 Å². The van der Waals surface area contributed by atoms with Gasteiger partial charge in [0.05, 0.1) is 31.2 Å². The van der Waals surface area contributed by atoms with Crippen LogP contribution in [-0.2, 0) is 17.8 Å². The first-order valence-electron chi connectivity index (χ1n) is 6.43. The number of benzene rings is 1. The molecule has 0 aliphatic rings. The molecule has 0 saturated heterocycles. The third-order valence-electron chi connectivity index (χ3n) is 3.19. The molecule has 3 aromatic rings. The van der Waals surface area contributed by atoms with Crippen molar-refractivity contribution in [2.24, 2.45) is 0 Å². The Kier molecular flexibility index (Phi) is 3.25. The molecule has 2 N–H and O–H groups in total. The second kappa shape index (κ2) is 5.21. The molecule has 0 bridgehead atoms. The highest BCUT2D eigenvalue weighted by Crippen LogP contribution is 2.22. The Morgan fingerprint density at radius 1 is 1.45 bits per heavy atom. The van der Waals surface area contributed by atoms with Crippen LogP contribution in [0.4, 0.5) is 0 Å². The van der Waals surface area contributed by atoms with E-state index in [2.05, 4.69) is 15.3 Å². The number of amides is 1. The van der Waals surface area contributed by atoms with Crippen molar-refractivity contribution >= 4 is 16.9 Å². The van der Waals surface area contributed by atoms with Crippen molar-refractivity contribution in [3.05, 3.63) is 53.8 Å². The number of fused-ring (bicyclic) bond motifs is 1. The Balaban J connectivity index is 1.68. The molecule has 0 aliphatic carbocycles. The van der Waals surface area contributed by atoms with E-state index in [0.29, 0.717) is 13.0 Å². The summed E-state index contributed by atoms with van der Waals surface area (Å²) in [6.45, 7) is 2.46. The van der Waals surface area contributed by atoms with Gasteiger partial charge in [-0.2, -0.15) is 0 Å². The highest BCUT2D eigenvalue weighted by Gasteiger charge is 2.10. The molecule has 5 heteroatoms. The van der Waals surface area contributed by atoms with E-state index in [9.17, 15) is 4.79 Å². The van der Waals surface area contributed by atoms with E-state index in [1.165, 1.54) is 0 Å². The lowest BCUT2D eigenvalue weighted by atomic mass is 10.1. The number of aromatic amines is 1. The summed E-state index contributed by atoms with van der Waals surface area (Å²) in [5.41, 5.74) is 3.75. The molecule has 102 valence electrons. The first kappa shape index (κ1) is 12.5. The molecule has 2 aromatic heterocycles. The van der Waals surface area contributed by atoms with Crippen LogP contribution < -0.4 is 5.32 Å². The summed E-state index contributed by atoms with van der Waals surface area (Å²) in [5.74, 6) is -0.0390. The van der Waals surface area contributed by atoms with Crippen LogP contribution >= 0.6 is 0 Å². The molecule has 0 radical (unpaired) electrons. The monoisotopic (exact) mass is 269 g/mol. The van der Waals surface area contributed by atoms with Crippen molar-refractivity contribution in [2.45, 2.75) is 19.9 Å². The predicted molar refractivity (Wildman–Crippen MR) is 75.1 cm³/mol. The Labute approximate surface area is 116 Å². The molecule has 20 heavy (non-hydrogen) atoms. The lowest BCUT2D eigenvalue weighted by Crippen LogP contribution is -2.24. The van der Waals surface area contributed by atoms with E-state index in [1.807, 2.05) is 25.1 Å². The number of nitrogens with one attached hydrogen (secondary N) is 2. The smallest absolute Gasteiger partial charge is 0.224 e.